The molecule has 0 bridgehead atoms. The molecule has 3 aromatic rings. The van der Waals surface area contributed by atoms with Gasteiger partial charge in [-0.05, 0) is 29.8 Å². The van der Waals surface area contributed by atoms with Gasteiger partial charge in [0.05, 0.1) is 15.7 Å². The van der Waals surface area contributed by atoms with Crippen molar-refractivity contribution in [1.82, 2.24) is 14.7 Å². The number of amides is 1. The molecular formula is C18H15Cl2N3O. The van der Waals surface area contributed by atoms with Crippen LogP contribution in [0.5, 0.6) is 0 Å². The summed E-state index contributed by atoms with van der Waals surface area (Å²) in [5.74, 6) is -0.180. The lowest BCUT2D eigenvalue weighted by Crippen LogP contribution is -2.26. The summed E-state index contributed by atoms with van der Waals surface area (Å²) < 4.78 is 1.67. The Labute approximate surface area is 150 Å². The summed E-state index contributed by atoms with van der Waals surface area (Å²) in [6, 6.07) is 16.7. The zero-order valence-corrected chi connectivity index (χ0v) is 14.5. The molecule has 0 aliphatic rings. The maximum atomic E-state index is 12.6. The molecule has 4 nitrogen and oxygen atoms in total. The van der Waals surface area contributed by atoms with Crippen LogP contribution >= 0.6 is 23.2 Å². The number of carbonyl (C=O) groups is 1. The molecule has 0 atom stereocenters. The Kier molecular flexibility index (Phi) is 4.88. The number of hydrogen-bond donors (Lipinski definition) is 0. The average Bonchev–Trinajstić information content (AvgIpc) is 3.09. The predicted octanol–water partition coefficient (Wildman–Crippen LogP) is 4.45. The van der Waals surface area contributed by atoms with E-state index in [1.54, 1.807) is 35.0 Å². The maximum Gasteiger partial charge on any atom is 0.274 e. The fraction of sp³-hybridized carbons (Fsp3) is 0.111. The minimum atomic E-state index is -0.180. The standard InChI is InChI=1S/C18H15Cl2N3O/c1-22(12-13-6-5-9-15(19)17(13)20)18(24)16-10-11-23(21-16)14-7-3-2-4-8-14/h2-11H,12H2,1H3. The van der Waals surface area contributed by atoms with E-state index in [9.17, 15) is 4.79 Å². The van der Waals surface area contributed by atoms with Crippen LogP contribution in [0.25, 0.3) is 5.69 Å². The Morgan fingerprint density at radius 1 is 1.08 bits per heavy atom. The van der Waals surface area contributed by atoms with Gasteiger partial charge in [0.25, 0.3) is 5.91 Å². The second-order valence-corrected chi connectivity index (χ2v) is 6.14. The smallest absolute Gasteiger partial charge is 0.274 e. The highest BCUT2D eigenvalue weighted by Gasteiger charge is 2.17. The molecule has 0 radical (unpaired) electrons. The molecule has 0 saturated carbocycles. The van der Waals surface area contributed by atoms with Crippen molar-refractivity contribution in [3.05, 3.63) is 82.1 Å². The van der Waals surface area contributed by atoms with Crippen molar-refractivity contribution in [3.8, 4) is 5.69 Å². The van der Waals surface area contributed by atoms with Gasteiger partial charge in [-0.3, -0.25) is 4.79 Å². The average molecular weight is 360 g/mol. The van der Waals surface area contributed by atoms with E-state index < -0.39 is 0 Å². The first-order chi connectivity index (χ1) is 11.6. The van der Waals surface area contributed by atoms with E-state index in [1.165, 1.54) is 0 Å². The van der Waals surface area contributed by atoms with Gasteiger partial charge in [0.15, 0.2) is 5.69 Å². The normalized spacial score (nSPS) is 10.6. The SMILES string of the molecule is CN(Cc1cccc(Cl)c1Cl)C(=O)c1ccn(-c2ccccc2)n1. The van der Waals surface area contributed by atoms with Gasteiger partial charge in [0.2, 0.25) is 0 Å². The molecule has 0 aliphatic heterocycles. The third kappa shape index (κ3) is 3.45. The predicted molar refractivity (Wildman–Crippen MR) is 95.8 cm³/mol. The van der Waals surface area contributed by atoms with E-state index in [4.69, 9.17) is 23.2 Å². The molecule has 0 spiro atoms. The van der Waals surface area contributed by atoms with E-state index >= 15 is 0 Å². The maximum absolute atomic E-state index is 12.6. The Morgan fingerprint density at radius 2 is 1.83 bits per heavy atom. The molecule has 2 aromatic carbocycles. The van der Waals surface area contributed by atoms with Crippen LogP contribution in [0, 0.1) is 0 Å². The minimum Gasteiger partial charge on any atom is -0.336 e. The first-order valence-electron chi connectivity index (χ1n) is 7.35. The molecule has 1 aromatic heterocycles. The van der Waals surface area contributed by atoms with Gasteiger partial charge in [-0.2, -0.15) is 5.10 Å². The van der Waals surface area contributed by atoms with Crippen LogP contribution in [0.4, 0.5) is 0 Å². The first-order valence-corrected chi connectivity index (χ1v) is 8.11. The fourth-order valence-electron chi connectivity index (χ4n) is 2.36. The van der Waals surface area contributed by atoms with Crippen molar-refractivity contribution in [2.75, 3.05) is 7.05 Å². The lowest BCUT2D eigenvalue weighted by molar-refractivity contribution is 0.0779. The molecule has 3 rings (SSSR count). The Balaban J connectivity index is 1.77. The lowest BCUT2D eigenvalue weighted by Gasteiger charge is -2.17. The molecular weight excluding hydrogens is 345 g/mol. The summed E-state index contributed by atoms with van der Waals surface area (Å²) in [5, 5.41) is 5.29. The third-order valence-electron chi connectivity index (χ3n) is 3.61. The minimum absolute atomic E-state index is 0.180. The topological polar surface area (TPSA) is 38.1 Å². The second-order valence-electron chi connectivity index (χ2n) is 5.36. The van der Waals surface area contributed by atoms with Crippen LogP contribution in [-0.4, -0.2) is 27.6 Å². The fourth-order valence-corrected chi connectivity index (χ4v) is 2.74. The summed E-state index contributed by atoms with van der Waals surface area (Å²) in [6.07, 6.45) is 1.77. The molecule has 0 aliphatic carbocycles. The molecule has 0 unspecified atom stereocenters. The van der Waals surface area contributed by atoms with Gasteiger partial charge in [0.1, 0.15) is 0 Å². The van der Waals surface area contributed by atoms with Crippen molar-refractivity contribution in [1.29, 1.82) is 0 Å². The molecule has 0 fully saturated rings. The largest absolute Gasteiger partial charge is 0.336 e. The Hall–Kier alpha value is -2.30. The molecule has 24 heavy (non-hydrogen) atoms. The summed E-state index contributed by atoms with van der Waals surface area (Å²) in [6.45, 7) is 0.358. The number of halogens is 2. The molecule has 122 valence electrons. The van der Waals surface area contributed by atoms with Crippen LogP contribution in [0.2, 0.25) is 10.0 Å². The van der Waals surface area contributed by atoms with E-state index in [1.807, 2.05) is 42.5 Å². The van der Waals surface area contributed by atoms with E-state index in [2.05, 4.69) is 5.10 Å². The highest BCUT2D eigenvalue weighted by atomic mass is 35.5. The lowest BCUT2D eigenvalue weighted by atomic mass is 10.2. The number of para-hydroxylation sites is 1. The van der Waals surface area contributed by atoms with E-state index in [-0.39, 0.29) is 5.91 Å². The molecule has 0 saturated heterocycles. The summed E-state index contributed by atoms with van der Waals surface area (Å²) in [7, 11) is 1.71. The zero-order valence-electron chi connectivity index (χ0n) is 13.0. The molecule has 6 heteroatoms. The van der Waals surface area contributed by atoms with Gasteiger partial charge < -0.3 is 4.90 Å². The van der Waals surface area contributed by atoms with Crippen LogP contribution in [0.3, 0.4) is 0 Å². The van der Waals surface area contributed by atoms with E-state index in [0.717, 1.165) is 11.3 Å². The quantitative estimate of drug-likeness (QED) is 0.689. The van der Waals surface area contributed by atoms with Crippen LogP contribution in [0.15, 0.2) is 60.8 Å². The van der Waals surface area contributed by atoms with Crippen LogP contribution in [-0.2, 0) is 6.54 Å². The first kappa shape index (κ1) is 16.6. The third-order valence-corrected chi connectivity index (χ3v) is 4.47. The van der Waals surface area contributed by atoms with Crippen molar-refractivity contribution < 1.29 is 4.79 Å². The number of benzene rings is 2. The Morgan fingerprint density at radius 3 is 2.58 bits per heavy atom. The molecule has 1 amide bonds. The summed E-state index contributed by atoms with van der Waals surface area (Å²) in [4.78, 5) is 14.1. The number of aromatic nitrogens is 2. The van der Waals surface area contributed by atoms with Crippen LogP contribution in [0.1, 0.15) is 16.1 Å². The van der Waals surface area contributed by atoms with Gasteiger partial charge in [-0.15, -0.1) is 0 Å². The van der Waals surface area contributed by atoms with Gasteiger partial charge in [-0.25, -0.2) is 4.68 Å². The number of nitrogens with zero attached hydrogens (tertiary/aromatic N) is 3. The van der Waals surface area contributed by atoms with Gasteiger partial charge in [0, 0.05) is 19.8 Å². The molecule has 1 heterocycles. The Bertz CT molecular complexity index is 862. The number of hydrogen-bond acceptors (Lipinski definition) is 2. The highest BCUT2D eigenvalue weighted by Crippen LogP contribution is 2.26. The van der Waals surface area contributed by atoms with Crippen molar-refractivity contribution in [2.24, 2.45) is 0 Å². The highest BCUT2D eigenvalue weighted by molar-refractivity contribution is 6.42. The van der Waals surface area contributed by atoms with Crippen molar-refractivity contribution >= 4 is 29.1 Å². The van der Waals surface area contributed by atoms with Crippen molar-refractivity contribution in [3.63, 3.8) is 0 Å². The van der Waals surface area contributed by atoms with E-state index in [0.29, 0.717) is 22.3 Å². The monoisotopic (exact) mass is 359 g/mol. The number of rotatable bonds is 4. The zero-order chi connectivity index (χ0) is 17.1. The van der Waals surface area contributed by atoms with Gasteiger partial charge >= 0.3 is 0 Å². The summed E-state index contributed by atoms with van der Waals surface area (Å²) >= 11 is 12.2. The summed E-state index contributed by atoms with van der Waals surface area (Å²) in [5.41, 5.74) is 2.07. The van der Waals surface area contributed by atoms with Crippen molar-refractivity contribution in [2.45, 2.75) is 6.54 Å². The van der Waals surface area contributed by atoms with Gasteiger partial charge in [-0.1, -0.05) is 53.5 Å². The van der Waals surface area contributed by atoms with Crippen LogP contribution < -0.4 is 0 Å². The number of carbonyl (C=O) groups excluding carboxylic acids is 1. The second kappa shape index (κ2) is 7.07. The molecule has 0 N–H and O–H groups in total.